The van der Waals surface area contributed by atoms with Gasteiger partial charge in [0.15, 0.2) is 11.6 Å². The third-order valence-electron chi connectivity index (χ3n) is 6.60. The number of anilines is 1. The molecule has 1 aliphatic heterocycles. The molecular formula is C20H22FN3O4. The fourth-order valence-corrected chi connectivity index (χ4v) is 4.80. The third kappa shape index (κ3) is 2.30. The van der Waals surface area contributed by atoms with Gasteiger partial charge in [0.2, 0.25) is 5.43 Å². The van der Waals surface area contributed by atoms with Crippen LogP contribution < -0.4 is 20.8 Å². The van der Waals surface area contributed by atoms with Crippen LogP contribution in [0, 0.1) is 17.2 Å². The van der Waals surface area contributed by atoms with Crippen molar-refractivity contribution in [3.8, 4) is 5.75 Å². The van der Waals surface area contributed by atoms with E-state index < -0.39 is 17.2 Å². The summed E-state index contributed by atoms with van der Waals surface area (Å²) < 4.78 is 22.6. The lowest BCUT2D eigenvalue weighted by Crippen LogP contribution is -2.29. The van der Waals surface area contributed by atoms with Gasteiger partial charge in [-0.1, -0.05) is 0 Å². The predicted octanol–water partition coefficient (Wildman–Crippen LogP) is 1.97. The van der Waals surface area contributed by atoms with Crippen LogP contribution in [0.1, 0.15) is 35.7 Å². The molecule has 0 spiro atoms. The van der Waals surface area contributed by atoms with Crippen molar-refractivity contribution < 1.29 is 19.0 Å². The second-order valence-electron chi connectivity index (χ2n) is 8.30. The van der Waals surface area contributed by atoms with Gasteiger partial charge in [0.25, 0.3) is 0 Å². The van der Waals surface area contributed by atoms with E-state index in [-0.39, 0.29) is 22.4 Å². The van der Waals surface area contributed by atoms with Crippen molar-refractivity contribution in [2.45, 2.75) is 25.3 Å². The highest BCUT2D eigenvalue weighted by Crippen LogP contribution is 2.59. The lowest BCUT2D eigenvalue weighted by atomic mass is 10.1. The third-order valence-corrected chi connectivity index (χ3v) is 6.60. The summed E-state index contributed by atoms with van der Waals surface area (Å²) in [5.41, 5.74) is 5.76. The summed E-state index contributed by atoms with van der Waals surface area (Å²) in [7, 11) is 1.46. The number of carbonyl (C=O) groups is 1. The molecule has 2 heterocycles. The van der Waals surface area contributed by atoms with E-state index in [1.54, 1.807) is 4.57 Å². The monoisotopic (exact) mass is 387 g/mol. The Labute approximate surface area is 160 Å². The van der Waals surface area contributed by atoms with Gasteiger partial charge in [-0.15, -0.1) is 0 Å². The number of fused-ring (bicyclic) bond motifs is 2. The average Bonchev–Trinajstić information content (AvgIpc) is 3.59. The number of nitrogens with zero attached hydrogens (tertiary/aromatic N) is 2. The maximum atomic E-state index is 15.2. The molecule has 28 heavy (non-hydrogen) atoms. The van der Waals surface area contributed by atoms with Crippen LogP contribution in [0.25, 0.3) is 10.9 Å². The summed E-state index contributed by atoms with van der Waals surface area (Å²) in [5.74, 6) is -1.13. The number of aromatic nitrogens is 1. The number of pyridine rings is 1. The predicted molar refractivity (Wildman–Crippen MR) is 102 cm³/mol. The topological polar surface area (TPSA) is 97.8 Å². The molecule has 148 valence electrons. The van der Waals surface area contributed by atoms with Gasteiger partial charge in [-0.2, -0.15) is 0 Å². The summed E-state index contributed by atoms with van der Waals surface area (Å²) in [6.07, 6.45) is 4.20. The van der Waals surface area contributed by atoms with Crippen LogP contribution in [-0.2, 0) is 0 Å². The molecule has 2 aromatic rings. The number of benzene rings is 1. The number of carboxylic acid groups (broad SMARTS) is 1. The smallest absolute Gasteiger partial charge is 0.341 e. The van der Waals surface area contributed by atoms with Gasteiger partial charge in [-0.25, -0.2) is 9.18 Å². The van der Waals surface area contributed by atoms with Crippen molar-refractivity contribution in [2.75, 3.05) is 31.6 Å². The van der Waals surface area contributed by atoms with Crippen molar-refractivity contribution in [3.05, 3.63) is 33.9 Å². The molecule has 0 radical (unpaired) electrons. The van der Waals surface area contributed by atoms with E-state index in [4.69, 9.17) is 10.5 Å². The quantitative estimate of drug-likeness (QED) is 0.814. The highest BCUT2D eigenvalue weighted by atomic mass is 19.1. The zero-order chi connectivity index (χ0) is 19.8. The Bertz CT molecular complexity index is 1070. The van der Waals surface area contributed by atoms with Crippen molar-refractivity contribution in [1.29, 1.82) is 0 Å². The molecule has 1 aromatic heterocycles. The maximum absolute atomic E-state index is 15.2. The Kier molecular flexibility index (Phi) is 3.56. The molecule has 0 bridgehead atoms. The first kappa shape index (κ1) is 17.5. The minimum atomic E-state index is -1.31. The van der Waals surface area contributed by atoms with E-state index in [2.05, 4.69) is 0 Å². The Balaban J connectivity index is 1.76. The second kappa shape index (κ2) is 5.70. The van der Waals surface area contributed by atoms with E-state index in [0.29, 0.717) is 42.5 Å². The Morgan fingerprint density at radius 3 is 2.79 bits per heavy atom. The zero-order valence-electron chi connectivity index (χ0n) is 15.6. The Hall–Kier alpha value is -2.61. The summed E-state index contributed by atoms with van der Waals surface area (Å²) in [6, 6.07) is 1.26. The number of ether oxygens (including phenoxy) is 1. The molecule has 3 N–H and O–H groups in total. The van der Waals surface area contributed by atoms with E-state index >= 15 is 4.39 Å². The first-order chi connectivity index (χ1) is 13.4. The summed E-state index contributed by atoms with van der Waals surface area (Å²) in [5, 5.41) is 9.45. The number of halogens is 1. The summed E-state index contributed by atoms with van der Waals surface area (Å²) in [4.78, 5) is 26.2. The first-order valence-electron chi connectivity index (χ1n) is 9.54. The van der Waals surface area contributed by atoms with Gasteiger partial charge >= 0.3 is 5.97 Å². The number of piperidine rings is 1. The molecule has 2 unspecified atom stereocenters. The van der Waals surface area contributed by atoms with Crippen molar-refractivity contribution in [1.82, 2.24) is 4.57 Å². The molecular weight excluding hydrogens is 365 g/mol. The zero-order valence-corrected chi connectivity index (χ0v) is 15.6. The number of hydrogen-bond donors (Lipinski definition) is 2. The number of methoxy groups -OCH3 is 1. The van der Waals surface area contributed by atoms with Crippen molar-refractivity contribution >= 4 is 22.6 Å². The SMILES string of the molecule is COc1c(N2CC3CC3(CN)C2)c(F)cc2c(=O)c(C(=O)O)cn(C3CC3)c12. The van der Waals surface area contributed by atoms with Gasteiger partial charge in [-0.3, -0.25) is 4.79 Å². The van der Waals surface area contributed by atoms with Gasteiger partial charge in [0.05, 0.1) is 18.0 Å². The fourth-order valence-electron chi connectivity index (χ4n) is 4.80. The van der Waals surface area contributed by atoms with Crippen LogP contribution in [0.15, 0.2) is 17.1 Å². The van der Waals surface area contributed by atoms with Crippen LogP contribution in [0.3, 0.4) is 0 Å². The molecule has 2 atom stereocenters. The van der Waals surface area contributed by atoms with Gasteiger partial charge in [0, 0.05) is 30.7 Å². The standard InChI is InChI=1S/C20H22FN3O4/c1-28-18-15-12(17(25)13(19(26)27)7-24(15)11-2-3-11)4-14(21)16(18)23-6-10-5-20(10,8-22)9-23/h4,7,10-11H,2-3,5-6,8-9,22H2,1H3,(H,26,27). The Morgan fingerprint density at radius 1 is 1.46 bits per heavy atom. The number of hydrogen-bond acceptors (Lipinski definition) is 5. The minimum absolute atomic E-state index is 0.0443. The van der Waals surface area contributed by atoms with E-state index in [1.807, 2.05) is 4.90 Å². The molecule has 7 nitrogen and oxygen atoms in total. The molecule has 8 heteroatoms. The van der Waals surface area contributed by atoms with Crippen LogP contribution in [0.4, 0.5) is 10.1 Å². The van der Waals surface area contributed by atoms with Crippen LogP contribution in [0.2, 0.25) is 0 Å². The number of nitrogens with two attached hydrogens (primary N) is 1. The molecule has 1 aromatic carbocycles. The molecule has 3 aliphatic rings. The lowest BCUT2D eigenvalue weighted by Gasteiger charge is -2.27. The van der Waals surface area contributed by atoms with Gasteiger partial charge in [0.1, 0.15) is 11.3 Å². The number of rotatable bonds is 5. The first-order valence-corrected chi connectivity index (χ1v) is 9.54. The van der Waals surface area contributed by atoms with Crippen LogP contribution >= 0.6 is 0 Å². The normalized spacial score (nSPS) is 25.8. The molecule has 5 rings (SSSR count). The fraction of sp³-hybridized carbons (Fsp3) is 0.500. The lowest BCUT2D eigenvalue weighted by molar-refractivity contribution is 0.0695. The van der Waals surface area contributed by atoms with Crippen LogP contribution in [-0.4, -0.2) is 42.4 Å². The van der Waals surface area contributed by atoms with Gasteiger partial charge in [-0.05, 0) is 37.8 Å². The highest BCUT2D eigenvalue weighted by Gasteiger charge is 2.59. The minimum Gasteiger partial charge on any atom is -0.492 e. The van der Waals surface area contributed by atoms with Crippen molar-refractivity contribution in [2.24, 2.45) is 17.1 Å². The second-order valence-corrected chi connectivity index (χ2v) is 8.30. The molecule has 0 amide bonds. The average molecular weight is 387 g/mol. The largest absolute Gasteiger partial charge is 0.492 e. The highest BCUT2D eigenvalue weighted by molar-refractivity contribution is 5.97. The number of carboxylic acids is 1. The molecule has 3 fully saturated rings. The van der Waals surface area contributed by atoms with E-state index in [9.17, 15) is 14.7 Å². The molecule has 1 saturated heterocycles. The molecule has 2 aliphatic carbocycles. The number of aromatic carboxylic acids is 1. The van der Waals surface area contributed by atoms with E-state index in [1.165, 1.54) is 19.4 Å². The molecule has 2 saturated carbocycles. The van der Waals surface area contributed by atoms with Crippen molar-refractivity contribution in [3.63, 3.8) is 0 Å². The van der Waals surface area contributed by atoms with Crippen LogP contribution in [0.5, 0.6) is 5.75 Å². The summed E-state index contributed by atoms with van der Waals surface area (Å²) in [6.45, 7) is 1.94. The Morgan fingerprint density at radius 2 is 2.21 bits per heavy atom. The summed E-state index contributed by atoms with van der Waals surface area (Å²) >= 11 is 0. The van der Waals surface area contributed by atoms with Gasteiger partial charge < -0.3 is 25.0 Å². The maximum Gasteiger partial charge on any atom is 0.341 e. The van der Waals surface area contributed by atoms with E-state index in [0.717, 1.165) is 19.3 Å².